The monoisotopic (exact) mass is 225 g/mol. The number of aryl methyl sites for hydroxylation is 1. The van der Waals surface area contributed by atoms with E-state index in [2.05, 4.69) is 51.1 Å². The lowest BCUT2D eigenvalue weighted by Gasteiger charge is -2.21. The van der Waals surface area contributed by atoms with Crippen molar-refractivity contribution >= 4 is 10.8 Å². The van der Waals surface area contributed by atoms with E-state index in [1.807, 2.05) is 0 Å². The lowest BCUT2D eigenvalue weighted by atomic mass is 9.83. The van der Waals surface area contributed by atoms with E-state index in [1.165, 1.54) is 27.5 Å². The molecular weight excluding hydrogens is 206 g/mol. The molecule has 0 fully saturated rings. The molecule has 0 aliphatic heterocycles. The molecule has 1 atom stereocenters. The van der Waals surface area contributed by atoms with Crippen molar-refractivity contribution in [3.63, 3.8) is 0 Å². The fourth-order valence-corrected chi connectivity index (χ4v) is 3.39. The van der Waals surface area contributed by atoms with Gasteiger partial charge in [0, 0.05) is 6.04 Å². The van der Waals surface area contributed by atoms with Crippen molar-refractivity contribution < 1.29 is 0 Å². The molecule has 1 aliphatic rings. The maximum absolute atomic E-state index is 6.28. The normalized spacial score (nSPS) is 21.8. The van der Waals surface area contributed by atoms with E-state index in [-0.39, 0.29) is 11.5 Å². The Morgan fingerprint density at radius 3 is 2.53 bits per heavy atom. The Balaban J connectivity index is 2.47. The molecule has 1 aliphatic carbocycles. The van der Waals surface area contributed by atoms with Gasteiger partial charge in [0.1, 0.15) is 0 Å². The highest BCUT2D eigenvalue weighted by Gasteiger charge is 2.36. The van der Waals surface area contributed by atoms with Crippen LogP contribution in [-0.2, 0) is 5.41 Å². The second kappa shape index (κ2) is 3.33. The van der Waals surface area contributed by atoms with E-state index in [9.17, 15) is 0 Å². The van der Waals surface area contributed by atoms with Gasteiger partial charge in [0.2, 0.25) is 0 Å². The van der Waals surface area contributed by atoms with E-state index in [1.54, 1.807) is 0 Å². The van der Waals surface area contributed by atoms with Gasteiger partial charge in [0.05, 0.1) is 0 Å². The minimum absolute atomic E-state index is 0.196. The number of benzene rings is 2. The maximum Gasteiger partial charge on any atom is 0.0306 e. The summed E-state index contributed by atoms with van der Waals surface area (Å²) in [5, 5.41) is 2.76. The number of rotatable bonds is 0. The van der Waals surface area contributed by atoms with Crippen molar-refractivity contribution in [1.82, 2.24) is 0 Å². The van der Waals surface area contributed by atoms with E-state index in [0.29, 0.717) is 0 Å². The summed E-state index contributed by atoms with van der Waals surface area (Å²) in [6.07, 6.45) is 1.05. The molecule has 0 saturated heterocycles. The second-order valence-electron chi connectivity index (χ2n) is 5.90. The zero-order valence-corrected chi connectivity index (χ0v) is 10.7. The molecule has 0 heterocycles. The fourth-order valence-electron chi connectivity index (χ4n) is 3.39. The Labute approximate surface area is 103 Å². The quantitative estimate of drug-likeness (QED) is 0.724. The molecule has 2 aromatic carbocycles. The highest BCUT2D eigenvalue weighted by molar-refractivity contribution is 5.91. The summed E-state index contributed by atoms with van der Waals surface area (Å²) in [7, 11) is 0. The smallest absolute Gasteiger partial charge is 0.0306 e. The molecule has 0 bridgehead atoms. The van der Waals surface area contributed by atoms with Gasteiger partial charge in [-0.15, -0.1) is 0 Å². The molecule has 17 heavy (non-hydrogen) atoms. The van der Waals surface area contributed by atoms with Crippen LogP contribution in [-0.4, -0.2) is 0 Å². The number of hydrogen-bond acceptors (Lipinski definition) is 1. The van der Waals surface area contributed by atoms with E-state index < -0.39 is 0 Å². The molecule has 3 rings (SSSR count). The summed E-state index contributed by atoms with van der Waals surface area (Å²) in [6.45, 7) is 6.79. The summed E-state index contributed by atoms with van der Waals surface area (Å²) in [5.41, 5.74) is 10.6. The van der Waals surface area contributed by atoms with Gasteiger partial charge in [-0.05, 0) is 46.2 Å². The molecule has 1 nitrogen and oxygen atoms in total. The predicted molar refractivity (Wildman–Crippen MR) is 73.3 cm³/mol. The third kappa shape index (κ3) is 1.42. The molecule has 0 saturated carbocycles. The zero-order valence-electron chi connectivity index (χ0n) is 10.7. The highest BCUT2D eigenvalue weighted by atomic mass is 14.7. The Bertz CT molecular complexity index is 596. The van der Waals surface area contributed by atoms with Crippen LogP contribution >= 0.6 is 0 Å². The molecule has 0 aromatic heterocycles. The van der Waals surface area contributed by atoms with Crippen LogP contribution in [0.1, 0.15) is 43.0 Å². The molecule has 88 valence electrons. The first-order valence-corrected chi connectivity index (χ1v) is 6.29. The van der Waals surface area contributed by atoms with Crippen LogP contribution in [0.5, 0.6) is 0 Å². The molecule has 2 aromatic rings. The van der Waals surface area contributed by atoms with Gasteiger partial charge < -0.3 is 5.73 Å². The van der Waals surface area contributed by atoms with Gasteiger partial charge in [-0.1, -0.05) is 44.2 Å². The van der Waals surface area contributed by atoms with Crippen molar-refractivity contribution in [2.45, 2.75) is 38.6 Å². The fraction of sp³-hybridized carbons (Fsp3) is 0.375. The first kappa shape index (κ1) is 10.8. The standard InChI is InChI=1S/C16H19N/c1-10-8-13-14(17)9-16(2,3)15(13)12-7-5-4-6-11(10)12/h4-8,14H,9,17H2,1-3H3/t14-/m1/s1. The third-order valence-corrected chi connectivity index (χ3v) is 4.09. The lowest BCUT2D eigenvalue weighted by Crippen LogP contribution is -2.14. The lowest BCUT2D eigenvalue weighted by molar-refractivity contribution is 0.483. The summed E-state index contributed by atoms with van der Waals surface area (Å²) in [4.78, 5) is 0. The first-order chi connectivity index (χ1) is 8.00. The minimum atomic E-state index is 0.196. The van der Waals surface area contributed by atoms with Gasteiger partial charge in [0.25, 0.3) is 0 Å². The Kier molecular flexibility index (Phi) is 2.11. The van der Waals surface area contributed by atoms with Crippen molar-refractivity contribution in [3.05, 3.63) is 47.0 Å². The van der Waals surface area contributed by atoms with Crippen LogP contribution in [0.2, 0.25) is 0 Å². The van der Waals surface area contributed by atoms with Gasteiger partial charge in [-0.25, -0.2) is 0 Å². The molecule has 0 radical (unpaired) electrons. The largest absolute Gasteiger partial charge is 0.324 e. The van der Waals surface area contributed by atoms with E-state index in [4.69, 9.17) is 5.73 Å². The van der Waals surface area contributed by atoms with Crippen LogP contribution in [0.4, 0.5) is 0 Å². The molecular formula is C16H19N. The topological polar surface area (TPSA) is 26.0 Å². The molecule has 0 amide bonds. The molecule has 1 heteroatoms. The van der Waals surface area contributed by atoms with Crippen LogP contribution in [0.3, 0.4) is 0 Å². The predicted octanol–water partition coefficient (Wildman–Crippen LogP) is 3.83. The van der Waals surface area contributed by atoms with Crippen LogP contribution < -0.4 is 5.73 Å². The van der Waals surface area contributed by atoms with Crippen LogP contribution in [0, 0.1) is 6.92 Å². The number of fused-ring (bicyclic) bond motifs is 3. The maximum atomic E-state index is 6.28. The van der Waals surface area contributed by atoms with Crippen molar-refractivity contribution in [2.24, 2.45) is 5.73 Å². The first-order valence-electron chi connectivity index (χ1n) is 6.29. The summed E-state index contributed by atoms with van der Waals surface area (Å²) in [6, 6.07) is 11.2. The number of hydrogen-bond donors (Lipinski definition) is 1. The summed E-state index contributed by atoms with van der Waals surface area (Å²) >= 11 is 0. The summed E-state index contributed by atoms with van der Waals surface area (Å²) < 4.78 is 0. The Morgan fingerprint density at radius 2 is 1.82 bits per heavy atom. The zero-order chi connectivity index (χ0) is 12.2. The number of nitrogens with two attached hydrogens (primary N) is 1. The SMILES string of the molecule is Cc1cc2c(c3ccccc13)C(C)(C)C[C@H]2N. The van der Waals surface area contributed by atoms with Gasteiger partial charge in [0.15, 0.2) is 0 Å². The van der Waals surface area contributed by atoms with Gasteiger partial charge in [-0.2, -0.15) is 0 Å². The Hall–Kier alpha value is -1.34. The minimum Gasteiger partial charge on any atom is -0.324 e. The van der Waals surface area contributed by atoms with Crippen molar-refractivity contribution in [3.8, 4) is 0 Å². The molecule has 0 spiro atoms. The van der Waals surface area contributed by atoms with Gasteiger partial charge in [-0.3, -0.25) is 0 Å². The van der Waals surface area contributed by atoms with Crippen LogP contribution in [0.25, 0.3) is 10.8 Å². The van der Waals surface area contributed by atoms with Crippen molar-refractivity contribution in [2.75, 3.05) is 0 Å². The van der Waals surface area contributed by atoms with Gasteiger partial charge >= 0.3 is 0 Å². The summed E-state index contributed by atoms with van der Waals surface area (Å²) in [5.74, 6) is 0. The van der Waals surface area contributed by atoms with E-state index in [0.717, 1.165) is 6.42 Å². The average molecular weight is 225 g/mol. The highest BCUT2D eigenvalue weighted by Crippen LogP contribution is 2.47. The second-order valence-corrected chi connectivity index (χ2v) is 5.90. The average Bonchev–Trinajstić information content (AvgIpc) is 2.49. The molecule has 2 N–H and O–H groups in total. The third-order valence-electron chi connectivity index (χ3n) is 4.09. The Morgan fingerprint density at radius 1 is 1.18 bits per heavy atom. The van der Waals surface area contributed by atoms with Crippen LogP contribution in [0.15, 0.2) is 30.3 Å². The van der Waals surface area contributed by atoms with E-state index >= 15 is 0 Å². The van der Waals surface area contributed by atoms with Crippen molar-refractivity contribution in [1.29, 1.82) is 0 Å². The molecule has 0 unspecified atom stereocenters.